The number of carbonyl (C=O) groups excluding carboxylic acids is 1. The second kappa shape index (κ2) is 9.68. The maximum absolute atomic E-state index is 12.2. The Morgan fingerprint density at radius 2 is 1.86 bits per heavy atom. The molecule has 0 unspecified atom stereocenters. The maximum atomic E-state index is 12.2. The monoisotopic (exact) mass is 430 g/mol. The predicted molar refractivity (Wildman–Crippen MR) is 119 cm³/mol. The van der Waals surface area contributed by atoms with Gasteiger partial charge in [-0.2, -0.15) is 0 Å². The molecule has 4 nitrogen and oxygen atoms in total. The second-order valence-electron chi connectivity index (χ2n) is 6.01. The van der Waals surface area contributed by atoms with E-state index >= 15 is 0 Å². The van der Waals surface area contributed by atoms with Crippen LogP contribution in [0.15, 0.2) is 60.7 Å². The number of thiocarbonyl (C=S) groups is 1. The number of nitrogens with one attached hydrogen (secondary N) is 2. The van der Waals surface area contributed by atoms with Crippen LogP contribution in [0.5, 0.6) is 0 Å². The number of carbonyl (C=O) groups is 1. The molecule has 0 aliphatic heterocycles. The number of anilines is 1. The van der Waals surface area contributed by atoms with E-state index in [2.05, 4.69) is 22.8 Å². The van der Waals surface area contributed by atoms with Crippen LogP contribution in [0.2, 0.25) is 5.02 Å². The van der Waals surface area contributed by atoms with Gasteiger partial charge in [-0.1, -0.05) is 60.1 Å². The summed E-state index contributed by atoms with van der Waals surface area (Å²) in [6.07, 6.45) is 0.733. The van der Waals surface area contributed by atoms with E-state index in [9.17, 15) is 4.79 Å². The first-order valence-electron chi connectivity index (χ1n) is 8.60. The molecule has 3 aromatic rings. The van der Waals surface area contributed by atoms with Crippen molar-refractivity contribution in [3.63, 3.8) is 0 Å². The molecule has 2 aromatic carbocycles. The first-order chi connectivity index (χ1) is 13.6. The molecule has 7 heteroatoms. The van der Waals surface area contributed by atoms with Gasteiger partial charge in [0.1, 0.15) is 5.00 Å². The van der Waals surface area contributed by atoms with Crippen molar-refractivity contribution < 1.29 is 9.53 Å². The van der Waals surface area contributed by atoms with Crippen LogP contribution in [0.1, 0.15) is 26.4 Å². The van der Waals surface area contributed by atoms with Crippen LogP contribution >= 0.6 is 35.2 Å². The molecule has 1 aromatic heterocycles. The molecule has 28 heavy (non-hydrogen) atoms. The molecule has 0 saturated heterocycles. The Balaban J connectivity index is 1.71. The summed E-state index contributed by atoms with van der Waals surface area (Å²) in [5.41, 5.74) is 2.59. The molecular weight excluding hydrogens is 412 g/mol. The lowest BCUT2D eigenvalue weighted by molar-refractivity contribution is 0.0602. The summed E-state index contributed by atoms with van der Waals surface area (Å²) >= 11 is 13.0. The van der Waals surface area contributed by atoms with Crippen molar-refractivity contribution in [2.24, 2.45) is 0 Å². The molecule has 2 N–H and O–H groups in total. The van der Waals surface area contributed by atoms with E-state index in [0.29, 0.717) is 27.2 Å². The van der Waals surface area contributed by atoms with E-state index in [1.54, 1.807) is 0 Å². The third-order valence-electron chi connectivity index (χ3n) is 4.03. The standard InChI is InChI=1S/C21H19ClN2O2S2/c1-26-20(25)17-12-16(11-14-7-3-2-4-8-14)28-19(17)24-21(27)23-13-15-9-5-6-10-18(15)22/h2-10,12H,11,13H2,1H3,(H2,23,24,27). The number of esters is 1. The second-order valence-corrected chi connectivity index (χ2v) is 7.96. The fraction of sp³-hybridized carbons (Fsp3) is 0.143. The van der Waals surface area contributed by atoms with Gasteiger partial charge in [-0.3, -0.25) is 0 Å². The Morgan fingerprint density at radius 3 is 2.57 bits per heavy atom. The third kappa shape index (κ3) is 5.32. The summed E-state index contributed by atoms with van der Waals surface area (Å²) in [6, 6.07) is 19.5. The number of ether oxygens (including phenoxy) is 1. The van der Waals surface area contributed by atoms with Crippen molar-refractivity contribution in [3.8, 4) is 0 Å². The van der Waals surface area contributed by atoms with Crippen LogP contribution in [0.25, 0.3) is 0 Å². The van der Waals surface area contributed by atoms with E-state index in [4.69, 9.17) is 28.6 Å². The lowest BCUT2D eigenvalue weighted by atomic mass is 10.1. The van der Waals surface area contributed by atoms with E-state index < -0.39 is 5.97 Å². The smallest absolute Gasteiger partial charge is 0.340 e. The Morgan fingerprint density at radius 1 is 1.14 bits per heavy atom. The highest BCUT2D eigenvalue weighted by Crippen LogP contribution is 2.30. The van der Waals surface area contributed by atoms with Gasteiger partial charge in [-0.05, 0) is 35.5 Å². The molecule has 1 heterocycles. The molecule has 0 saturated carbocycles. The van der Waals surface area contributed by atoms with Gasteiger partial charge >= 0.3 is 5.97 Å². The first-order valence-corrected chi connectivity index (χ1v) is 10.2. The zero-order valence-electron chi connectivity index (χ0n) is 15.2. The van der Waals surface area contributed by atoms with Crippen LogP contribution in [-0.2, 0) is 17.7 Å². The lowest BCUT2D eigenvalue weighted by Crippen LogP contribution is -2.28. The summed E-state index contributed by atoms with van der Waals surface area (Å²) in [6.45, 7) is 0.487. The summed E-state index contributed by atoms with van der Waals surface area (Å²) in [7, 11) is 1.37. The fourth-order valence-corrected chi connectivity index (χ4v) is 4.17. The van der Waals surface area contributed by atoms with E-state index in [0.717, 1.165) is 16.9 Å². The number of hydrogen-bond donors (Lipinski definition) is 2. The van der Waals surface area contributed by atoms with Gasteiger partial charge in [-0.15, -0.1) is 11.3 Å². The SMILES string of the molecule is COC(=O)c1cc(Cc2ccccc2)sc1NC(=S)NCc1ccccc1Cl. The zero-order chi connectivity index (χ0) is 19.9. The Kier molecular flexibility index (Phi) is 7.03. The molecule has 0 atom stereocenters. The fourth-order valence-electron chi connectivity index (χ4n) is 2.65. The third-order valence-corrected chi connectivity index (χ3v) is 5.70. The highest BCUT2D eigenvalue weighted by molar-refractivity contribution is 7.80. The number of hydrogen-bond acceptors (Lipinski definition) is 4. The highest BCUT2D eigenvalue weighted by atomic mass is 35.5. The summed E-state index contributed by atoms with van der Waals surface area (Å²) < 4.78 is 4.91. The minimum absolute atomic E-state index is 0.396. The van der Waals surface area contributed by atoms with Crippen LogP contribution in [0, 0.1) is 0 Å². The molecule has 0 bridgehead atoms. The highest BCUT2D eigenvalue weighted by Gasteiger charge is 2.18. The minimum atomic E-state index is -0.396. The van der Waals surface area contributed by atoms with Crippen molar-refractivity contribution in [3.05, 3.63) is 87.3 Å². The summed E-state index contributed by atoms with van der Waals surface area (Å²) in [5, 5.41) is 7.99. The van der Waals surface area contributed by atoms with Crippen molar-refractivity contribution in [1.82, 2.24) is 5.32 Å². The number of halogens is 1. The minimum Gasteiger partial charge on any atom is -0.465 e. The van der Waals surface area contributed by atoms with E-state index in [1.165, 1.54) is 24.0 Å². The van der Waals surface area contributed by atoms with Crippen LogP contribution in [-0.4, -0.2) is 18.2 Å². The number of benzene rings is 2. The molecular formula is C21H19ClN2O2S2. The van der Waals surface area contributed by atoms with Crippen LogP contribution in [0.4, 0.5) is 5.00 Å². The number of rotatable bonds is 6. The van der Waals surface area contributed by atoms with Crippen LogP contribution < -0.4 is 10.6 Å². The van der Waals surface area contributed by atoms with Gasteiger partial charge in [0.05, 0.1) is 12.7 Å². The Bertz CT molecular complexity index is 974. The van der Waals surface area contributed by atoms with E-state index in [1.807, 2.05) is 48.5 Å². The zero-order valence-corrected chi connectivity index (χ0v) is 17.6. The van der Waals surface area contributed by atoms with Gasteiger partial charge in [0.2, 0.25) is 0 Å². The lowest BCUT2D eigenvalue weighted by Gasteiger charge is -2.11. The molecule has 144 valence electrons. The average molecular weight is 431 g/mol. The molecule has 0 aliphatic carbocycles. The molecule has 0 radical (unpaired) electrons. The Labute approximate surface area is 178 Å². The van der Waals surface area contributed by atoms with Gasteiger partial charge in [0, 0.05) is 22.9 Å². The molecule has 0 aliphatic rings. The first kappa shape index (κ1) is 20.3. The van der Waals surface area contributed by atoms with Gasteiger partial charge in [0.15, 0.2) is 5.11 Å². The van der Waals surface area contributed by atoms with Crippen molar-refractivity contribution in [1.29, 1.82) is 0 Å². The van der Waals surface area contributed by atoms with Gasteiger partial charge in [0.25, 0.3) is 0 Å². The van der Waals surface area contributed by atoms with Gasteiger partial charge < -0.3 is 15.4 Å². The molecule has 0 spiro atoms. The normalized spacial score (nSPS) is 10.4. The van der Waals surface area contributed by atoms with Crippen molar-refractivity contribution in [2.45, 2.75) is 13.0 Å². The largest absolute Gasteiger partial charge is 0.465 e. The quantitative estimate of drug-likeness (QED) is 0.412. The van der Waals surface area contributed by atoms with Gasteiger partial charge in [-0.25, -0.2) is 4.79 Å². The Hall–Kier alpha value is -2.41. The molecule has 3 rings (SSSR count). The molecule has 0 fully saturated rings. The summed E-state index contributed by atoms with van der Waals surface area (Å²) in [4.78, 5) is 13.2. The predicted octanol–water partition coefficient (Wildman–Crippen LogP) is 5.27. The van der Waals surface area contributed by atoms with E-state index in [-0.39, 0.29) is 0 Å². The average Bonchev–Trinajstić information content (AvgIpc) is 3.09. The van der Waals surface area contributed by atoms with Crippen molar-refractivity contribution in [2.75, 3.05) is 12.4 Å². The maximum Gasteiger partial charge on any atom is 0.340 e. The summed E-state index contributed by atoms with van der Waals surface area (Å²) in [5.74, 6) is -0.396. The topological polar surface area (TPSA) is 50.4 Å². The molecule has 0 amide bonds. The van der Waals surface area contributed by atoms with Crippen LogP contribution in [0.3, 0.4) is 0 Å². The number of methoxy groups -OCH3 is 1. The number of thiophene rings is 1. The van der Waals surface area contributed by atoms with Crippen molar-refractivity contribution >= 4 is 51.2 Å².